The molecule has 0 aliphatic heterocycles. The summed E-state index contributed by atoms with van der Waals surface area (Å²) in [5, 5.41) is 16.7. The zero-order valence-electron chi connectivity index (χ0n) is 9.95. The number of para-hydroxylation sites is 1. The van der Waals surface area contributed by atoms with Crippen LogP contribution in [-0.2, 0) is 0 Å². The smallest absolute Gasteiger partial charge is 0.192 e. The third-order valence-electron chi connectivity index (χ3n) is 2.21. The average molecular weight is 272 g/mol. The lowest BCUT2D eigenvalue weighted by molar-refractivity contribution is 0.474. The number of rotatable bonds is 3. The van der Waals surface area contributed by atoms with E-state index in [0.717, 1.165) is 0 Å². The summed E-state index contributed by atoms with van der Waals surface area (Å²) in [6.07, 6.45) is 3.15. The highest BCUT2D eigenvalue weighted by Crippen LogP contribution is 2.12. The van der Waals surface area contributed by atoms with Gasteiger partial charge in [0.25, 0.3) is 0 Å². The molecule has 0 amide bonds. The van der Waals surface area contributed by atoms with Gasteiger partial charge in [-0.05, 0) is 36.5 Å². The summed E-state index contributed by atoms with van der Waals surface area (Å²) in [5.41, 5.74) is 3.25. The van der Waals surface area contributed by atoms with Gasteiger partial charge in [-0.15, -0.1) is 0 Å². The molecule has 0 saturated heterocycles. The molecule has 0 spiro atoms. The van der Waals surface area contributed by atoms with Crippen molar-refractivity contribution in [3.8, 4) is 5.75 Å². The van der Waals surface area contributed by atoms with E-state index in [1.165, 1.54) is 6.21 Å². The summed E-state index contributed by atoms with van der Waals surface area (Å²) in [5.74, 6) is 0.800. The third-order valence-corrected chi connectivity index (χ3v) is 2.41. The van der Waals surface area contributed by atoms with Gasteiger partial charge in [0.2, 0.25) is 0 Å². The topological polar surface area (TPSA) is 69.5 Å². The zero-order valence-corrected chi connectivity index (χ0v) is 10.8. The number of benzene rings is 1. The fourth-order valence-electron chi connectivity index (χ4n) is 1.34. The van der Waals surface area contributed by atoms with Crippen LogP contribution in [0.3, 0.4) is 0 Å². The Hall–Kier alpha value is -2.47. The summed E-state index contributed by atoms with van der Waals surface area (Å²) in [4.78, 5) is 4.07. The molecule has 1 aromatic heterocycles. The van der Waals surface area contributed by atoms with Gasteiger partial charge in [0.05, 0.1) is 6.21 Å². The average Bonchev–Trinajstić information content (AvgIpc) is 2.42. The van der Waals surface area contributed by atoms with Crippen LogP contribution in [0, 0.1) is 0 Å². The fourth-order valence-corrected chi connectivity index (χ4v) is 1.50. The van der Waals surface area contributed by atoms with Crippen molar-refractivity contribution in [3.63, 3.8) is 0 Å². The maximum absolute atomic E-state index is 9.53. The standard InChI is InChI=1S/C13H12N4OS/c18-11-6-2-1-5-10(11)9-15-17-13(19)16-12-7-3-4-8-14-12/h1-9,18H,(H2,14,16,17,19)/b15-9+. The predicted octanol–water partition coefficient (Wildman–Crippen LogP) is 2.11. The van der Waals surface area contributed by atoms with Crippen molar-refractivity contribution in [1.29, 1.82) is 0 Å². The van der Waals surface area contributed by atoms with Crippen molar-refractivity contribution < 1.29 is 5.11 Å². The molecular formula is C13H12N4OS. The Morgan fingerprint density at radius 2 is 2.00 bits per heavy atom. The number of hydrogen-bond donors (Lipinski definition) is 3. The first kappa shape index (κ1) is 13.0. The van der Waals surface area contributed by atoms with Gasteiger partial charge >= 0.3 is 0 Å². The minimum Gasteiger partial charge on any atom is -0.507 e. The van der Waals surface area contributed by atoms with Crippen molar-refractivity contribution in [2.45, 2.75) is 0 Å². The van der Waals surface area contributed by atoms with Gasteiger partial charge in [0.15, 0.2) is 5.11 Å². The number of anilines is 1. The number of hydrazone groups is 1. The number of thiocarbonyl (C=S) groups is 1. The van der Waals surface area contributed by atoms with Crippen LogP contribution in [0.25, 0.3) is 0 Å². The molecule has 0 atom stereocenters. The number of aromatic hydroxyl groups is 1. The van der Waals surface area contributed by atoms with Crippen LogP contribution >= 0.6 is 12.2 Å². The quantitative estimate of drug-likeness (QED) is 0.453. The fraction of sp³-hybridized carbons (Fsp3) is 0. The normalized spacial score (nSPS) is 10.3. The Morgan fingerprint density at radius 3 is 2.74 bits per heavy atom. The molecule has 3 N–H and O–H groups in total. The van der Waals surface area contributed by atoms with E-state index >= 15 is 0 Å². The second-order valence-electron chi connectivity index (χ2n) is 3.60. The third kappa shape index (κ3) is 4.04. The van der Waals surface area contributed by atoms with Crippen molar-refractivity contribution in [3.05, 3.63) is 54.2 Å². The predicted molar refractivity (Wildman–Crippen MR) is 79.3 cm³/mol. The molecule has 2 aromatic rings. The van der Waals surface area contributed by atoms with Crippen LogP contribution < -0.4 is 10.7 Å². The number of pyridine rings is 1. The Morgan fingerprint density at radius 1 is 1.21 bits per heavy atom. The number of nitrogens with zero attached hydrogens (tertiary/aromatic N) is 2. The van der Waals surface area contributed by atoms with Gasteiger partial charge in [0, 0.05) is 11.8 Å². The first-order valence-corrected chi connectivity index (χ1v) is 5.95. The highest BCUT2D eigenvalue weighted by molar-refractivity contribution is 7.80. The largest absolute Gasteiger partial charge is 0.507 e. The molecule has 5 nitrogen and oxygen atoms in total. The molecule has 0 fully saturated rings. The molecule has 1 aromatic carbocycles. The molecule has 1 heterocycles. The van der Waals surface area contributed by atoms with Crippen molar-refractivity contribution in [2.24, 2.45) is 5.10 Å². The maximum Gasteiger partial charge on any atom is 0.192 e. The van der Waals surface area contributed by atoms with E-state index in [2.05, 4.69) is 20.8 Å². The van der Waals surface area contributed by atoms with Crippen LogP contribution in [0.5, 0.6) is 5.75 Å². The molecule has 0 bridgehead atoms. The molecule has 96 valence electrons. The van der Waals surface area contributed by atoms with Gasteiger partial charge in [-0.3, -0.25) is 5.43 Å². The van der Waals surface area contributed by atoms with E-state index in [9.17, 15) is 5.11 Å². The van der Waals surface area contributed by atoms with E-state index in [0.29, 0.717) is 16.5 Å². The van der Waals surface area contributed by atoms with E-state index in [1.807, 2.05) is 18.2 Å². The number of phenols is 1. The van der Waals surface area contributed by atoms with Crippen LogP contribution in [0.2, 0.25) is 0 Å². The van der Waals surface area contributed by atoms with Crippen molar-refractivity contribution in [2.75, 3.05) is 5.32 Å². The molecule has 2 rings (SSSR count). The van der Waals surface area contributed by atoms with E-state index in [1.54, 1.807) is 30.5 Å². The number of aromatic nitrogens is 1. The number of nitrogens with one attached hydrogen (secondary N) is 2. The lowest BCUT2D eigenvalue weighted by atomic mass is 10.2. The first-order chi connectivity index (χ1) is 9.25. The molecule has 0 aliphatic rings. The maximum atomic E-state index is 9.53. The summed E-state index contributed by atoms with van der Waals surface area (Å²) in [6.45, 7) is 0. The van der Waals surface area contributed by atoms with Crippen LogP contribution in [0.15, 0.2) is 53.8 Å². The van der Waals surface area contributed by atoms with Crippen molar-refractivity contribution >= 4 is 29.4 Å². The lowest BCUT2D eigenvalue weighted by Gasteiger charge is -2.05. The summed E-state index contributed by atoms with van der Waals surface area (Å²) >= 11 is 5.05. The second-order valence-corrected chi connectivity index (χ2v) is 4.01. The molecular weight excluding hydrogens is 260 g/mol. The van der Waals surface area contributed by atoms with E-state index < -0.39 is 0 Å². The number of phenolic OH excluding ortho intramolecular Hbond substituents is 1. The second kappa shape index (κ2) is 6.46. The molecule has 6 heteroatoms. The molecule has 0 aliphatic carbocycles. The zero-order chi connectivity index (χ0) is 13.5. The van der Waals surface area contributed by atoms with Crippen LogP contribution in [0.4, 0.5) is 5.82 Å². The molecule has 19 heavy (non-hydrogen) atoms. The summed E-state index contributed by atoms with van der Waals surface area (Å²) in [6, 6.07) is 12.3. The molecule has 0 radical (unpaired) electrons. The Labute approximate surface area is 116 Å². The van der Waals surface area contributed by atoms with Crippen molar-refractivity contribution in [1.82, 2.24) is 10.4 Å². The molecule has 0 saturated carbocycles. The highest BCUT2D eigenvalue weighted by Gasteiger charge is 1.97. The Balaban J connectivity index is 1.89. The Kier molecular flexibility index (Phi) is 4.41. The lowest BCUT2D eigenvalue weighted by Crippen LogP contribution is -2.24. The Bertz CT molecular complexity index is 586. The van der Waals surface area contributed by atoms with Gasteiger partial charge in [-0.2, -0.15) is 5.10 Å². The first-order valence-electron chi connectivity index (χ1n) is 5.55. The van der Waals surface area contributed by atoms with Gasteiger partial charge in [-0.1, -0.05) is 18.2 Å². The highest BCUT2D eigenvalue weighted by atomic mass is 32.1. The van der Waals surface area contributed by atoms with Crippen LogP contribution in [0.1, 0.15) is 5.56 Å². The minimum atomic E-state index is 0.164. The SMILES string of the molecule is Oc1ccccc1/C=N/NC(=S)Nc1ccccn1. The van der Waals surface area contributed by atoms with E-state index in [-0.39, 0.29) is 5.75 Å². The summed E-state index contributed by atoms with van der Waals surface area (Å²) in [7, 11) is 0. The number of hydrogen-bond acceptors (Lipinski definition) is 4. The summed E-state index contributed by atoms with van der Waals surface area (Å²) < 4.78 is 0. The van der Waals surface area contributed by atoms with Crippen LogP contribution in [-0.4, -0.2) is 21.4 Å². The van der Waals surface area contributed by atoms with E-state index in [4.69, 9.17) is 12.2 Å². The van der Waals surface area contributed by atoms with Gasteiger partial charge < -0.3 is 10.4 Å². The van der Waals surface area contributed by atoms with Gasteiger partial charge in [-0.25, -0.2) is 4.98 Å². The van der Waals surface area contributed by atoms with Gasteiger partial charge in [0.1, 0.15) is 11.6 Å². The minimum absolute atomic E-state index is 0.164. The molecule has 0 unspecified atom stereocenters. The monoisotopic (exact) mass is 272 g/mol.